The van der Waals surface area contributed by atoms with Crippen LogP contribution in [0.15, 0.2) is 0 Å². The van der Waals surface area contributed by atoms with Crippen molar-refractivity contribution in [2.75, 3.05) is 19.0 Å². The fraction of sp³-hybridized carbons (Fsp3) is 0.714. The molecule has 4 nitrogen and oxygen atoms in total. The Bertz CT molecular complexity index is 411. The molecule has 0 aliphatic rings. The first-order valence-electron chi connectivity index (χ1n) is 6.94. The Hall–Kier alpha value is -0.430. The minimum absolute atomic E-state index is 0.377. The second kappa shape index (κ2) is 7.38. The average molecular weight is 377 g/mol. The molecule has 5 heteroatoms. The summed E-state index contributed by atoms with van der Waals surface area (Å²) in [7, 11) is 1.74. The van der Waals surface area contributed by atoms with Crippen molar-refractivity contribution in [1.29, 1.82) is 0 Å². The van der Waals surface area contributed by atoms with Gasteiger partial charge in [0.15, 0.2) is 5.82 Å². The van der Waals surface area contributed by atoms with Gasteiger partial charge in [0, 0.05) is 13.7 Å². The summed E-state index contributed by atoms with van der Waals surface area (Å²) in [6, 6.07) is 0. The minimum atomic E-state index is -0.377. The molecule has 19 heavy (non-hydrogen) atoms. The van der Waals surface area contributed by atoms with E-state index in [0.29, 0.717) is 0 Å². The van der Waals surface area contributed by atoms with Crippen LogP contribution in [0.25, 0.3) is 0 Å². The van der Waals surface area contributed by atoms with Gasteiger partial charge in [-0.1, -0.05) is 20.8 Å². The van der Waals surface area contributed by atoms with Crippen LogP contribution in [-0.4, -0.2) is 23.6 Å². The number of halogens is 1. The number of methoxy groups -OCH3 is 1. The van der Waals surface area contributed by atoms with Gasteiger partial charge in [-0.15, -0.1) is 0 Å². The van der Waals surface area contributed by atoms with E-state index in [2.05, 4.69) is 55.6 Å². The molecule has 0 radical (unpaired) electrons. The van der Waals surface area contributed by atoms with Crippen LogP contribution >= 0.6 is 22.6 Å². The first-order valence-corrected chi connectivity index (χ1v) is 8.02. The van der Waals surface area contributed by atoms with E-state index >= 15 is 0 Å². The quantitative estimate of drug-likeness (QED) is 0.736. The summed E-state index contributed by atoms with van der Waals surface area (Å²) in [6.45, 7) is 9.29. The number of anilines is 1. The summed E-state index contributed by atoms with van der Waals surface area (Å²) in [6.07, 6.45) is 2.64. The van der Waals surface area contributed by atoms with Crippen molar-refractivity contribution in [3.63, 3.8) is 0 Å². The third-order valence-corrected chi connectivity index (χ3v) is 4.67. The standard InChI is InChI=1S/C14H24IN3O/c1-6-10-11(15)12(16-9-4)18-13(17-10)14(7-2,8-3)19-5/h6-9H2,1-5H3,(H,16,17,18). The Balaban J connectivity index is 3.38. The van der Waals surface area contributed by atoms with E-state index in [9.17, 15) is 0 Å². The van der Waals surface area contributed by atoms with Gasteiger partial charge in [-0.25, -0.2) is 9.97 Å². The molecule has 0 unspecified atom stereocenters. The Morgan fingerprint density at radius 1 is 1.16 bits per heavy atom. The lowest BCUT2D eigenvalue weighted by Gasteiger charge is -2.29. The zero-order chi connectivity index (χ0) is 14.5. The van der Waals surface area contributed by atoms with E-state index in [1.807, 2.05) is 0 Å². The van der Waals surface area contributed by atoms with Gasteiger partial charge in [0.1, 0.15) is 11.4 Å². The van der Waals surface area contributed by atoms with Crippen LogP contribution < -0.4 is 5.32 Å². The molecule has 108 valence electrons. The molecule has 0 saturated carbocycles. The van der Waals surface area contributed by atoms with Crippen LogP contribution in [-0.2, 0) is 16.8 Å². The number of hydrogen-bond acceptors (Lipinski definition) is 4. The van der Waals surface area contributed by atoms with Crippen molar-refractivity contribution >= 4 is 28.4 Å². The monoisotopic (exact) mass is 377 g/mol. The van der Waals surface area contributed by atoms with Gasteiger partial charge < -0.3 is 10.1 Å². The summed E-state index contributed by atoms with van der Waals surface area (Å²) in [5.74, 6) is 1.72. The smallest absolute Gasteiger partial charge is 0.162 e. The molecule has 0 aliphatic heterocycles. The largest absolute Gasteiger partial charge is 0.370 e. The third kappa shape index (κ3) is 3.37. The van der Waals surface area contributed by atoms with Crippen LogP contribution in [0.4, 0.5) is 5.82 Å². The Labute approximate surface area is 129 Å². The van der Waals surface area contributed by atoms with Crippen LogP contribution in [0.3, 0.4) is 0 Å². The van der Waals surface area contributed by atoms with Gasteiger partial charge in [0.25, 0.3) is 0 Å². The van der Waals surface area contributed by atoms with Crippen molar-refractivity contribution in [1.82, 2.24) is 9.97 Å². The van der Waals surface area contributed by atoms with Crippen LogP contribution in [0, 0.1) is 3.57 Å². The second-order valence-corrected chi connectivity index (χ2v) is 5.52. The summed E-state index contributed by atoms with van der Waals surface area (Å²) in [5, 5.41) is 3.32. The molecule has 0 fully saturated rings. The molecule has 0 aliphatic carbocycles. The minimum Gasteiger partial charge on any atom is -0.370 e. The molecule has 1 aromatic rings. The van der Waals surface area contributed by atoms with Crippen molar-refractivity contribution in [2.45, 2.75) is 52.6 Å². The van der Waals surface area contributed by atoms with Crippen molar-refractivity contribution in [3.8, 4) is 0 Å². The highest BCUT2D eigenvalue weighted by atomic mass is 127. The van der Waals surface area contributed by atoms with Gasteiger partial charge in [0.2, 0.25) is 0 Å². The molecule has 0 bridgehead atoms. The predicted octanol–water partition coefficient (Wildman–Crippen LogP) is 3.74. The first kappa shape index (κ1) is 16.6. The predicted molar refractivity (Wildman–Crippen MR) is 87.6 cm³/mol. The first-order chi connectivity index (χ1) is 9.08. The van der Waals surface area contributed by atoms with Crippen molar-refractivity contribution in [2.24, 2.45) is 0 Å². The van der Waals surface area contributed by atoms with E-state index < -0.39 is 0 Å². The number of nitrogens with zero attached hydrogens (tertiary/aromatic N) is 2. The number of ether oxygens (including phenoxy) is 1. The van der Waals surface area contributed by atoms with E-state index in [0.717, 1.165) is 46.7 Å². The molecule has 0 spiro atoms. The molecular formula is C14H24IN3O. The van der Waals surface area contributed by atoms with E-state index in [-0.39, 0.29) is 5.60 Å². The fourth-order valence-electron chi connectivity index (χ4n) is 2.16. The second-order valence-electron chi connectivity index (χ2n) is 4.45. The maximum Gasteiger partial charge on any atom is 0.162 e. The number of rotatable bonds is 7. The highest BCUT2D eigenvalue weighted by Crippen LogP contribution is 2.32. The molecule has 1 aromatic heterocycles. The maximum atomic E-state index is 5.74. The van der Waals surface area contributed by atoms with Gasteiger partial charge in [-0.05, 0) is 48.8 Å². The molecule has 1 rings (SSSR count). The normalized spacial score (nSPS) is 11.7. The highest BCUT2D eigenvalue weighted by molar-refractivity contribution is 14.1. The lowest BCUT2D eigenvalue weighted by Crippen LogP contribution is -2.30. The van der Waals surface area contributed by atoms with Gasteiger partial charge in [0.05, 0.1) is 9.26 Å². The SMILES string of the molecule is CCNc1nc(C(CC)(CC)OC)nc(CC)c1I. The fourth-order valence-corrected chi connectivity index (χ4v) is 2.98. The van der Waals surface area contributed by atoms with Crippen LogP contribution in [0.5, 0.6) is 0 Å². The van der Waals surface area contributed by atoms with Gasteiger partial charge in [-0.2, -0.15) is 0 Å². The molecule has 1 heterocycles. The van der Waals surface area contributed by atoms with Crippen molar-refractivity contribution < 1.29 is 4.74 Å². The summed E-state index contributed by atoms with van der Waals surface area (Å²) >= 11 is 2.32. The topological polar surface area (TPSA) is 47.0 Å². The third-order valence-electron chi connectivity index (χ3n) is 3.54. The number of nitrogens with one attached hydrogen (secondary N) is 1. The van der Waals surface area contributed by atoms with Crippen LogP contribution in [0.1, 0.15) is 52.1 Å². The van der Waals surface area contributed by atoms with Crippen LogP contribution in [0.2, 0.25) is 0 Å². The molecule has 1 N–H and O–H groups in total. The number of aryl methyl sites for hydroxylation is 1. The van der Waals surface area contributed by atoms with E-state index in [1.54, 1.807) is 7.11 Å². The van der Waals surface area contributed by atoms with E-state index in [1.165, 1.54) is 0 Å². The summed E-state index contributed by atoms with van der Waals surface area (Å²) in [5.41, 5.74) is 0.711. The molecule has 0 aromatic carbocycles. The molecular weight excluding hydrogens is 353 g/mol. The maximum absolute atomic E-state index is 5.74. The number of aromatic nitrogens is 2. The van der Waals surface area contributed by atoms with Gasteiger partial charge >= 0.3 is 0 Å². The lowest BCUT2D eigenvalue weighted by molar-refractivity contribution is -0.0292. The Morgan fingerprint density at radius 3 is 2.21 bits per heavy atom. The van der Waals surface area contributed by atoms with Crippen molar-refractivity contribution in [3.05, 3.63) is 15.1 Å². The highest BCUT2D eigenvalue weighted by Gasteiger charge is 2.32. The van der Waals surface area contributed by atoms with Gasteiger partial charge in [-0.3, -0.25) is 0 Å². The molecule has 0 atom stereocenters. The lowest BCUT2D eigenvalue weighted by atomic mass is 9.96. The summed E-state index contributed by atoms with van der Waals surface area (Å²) in [4.78, 5) is 9.44. The average Bonchev–Trinajstić information content (AvgIpc) is 2.44. The molecule has 0 amide bonds. The van der Waals surface area contributed by atoms with E-state index in [4.69, 9.17) is 14.7 Å². The Kier molecular flexibility index (Phi) is 6.46. The zero-order valence-corrected chi connectivity index (χ0v) is 14.7. The number of hydrogen-bond donors (Lipinski definition) is 1. The Morgan fingerprint density at radius 2 is 1.79 bits per heavy atom. The zero-order valence-electron chi connectivity index (χ0n) is 12.5. The summed E-state index contributed by atoms with van der Waals surface area (Å²) < 4.78 is 6.85. The molecule has 0 saturated heterocycles.